The summed E-state index contributed by atoms with van der Waals surface area (Å²) in [6, 6.07) is 2.01. The summed E-state index contributed by atoms with van der Waals surface area (Å²) in [5.41, 5.74) is 2.39. The zero-order chi connectivity index (χ0) is 9.14. The largest absolute Gasteiger partial charge is 0.346 e. The van der Waals surface area contributed by atoms with Gasteiger partial charge in [-0.05, 0) is 27.0 Å². The summed E-state index contributed by atoms with van der Waals surface area (Å²) in [5.74, 6) is 0. The van der Waals surface area contributed by atoms with Crippen LogP contribution >= 0.6 is 11.6 Å². The van der Waals surface area contributed by atoms with Crippen molar-refractivity contribution in [3.8, 4) is 0 Å². The van der Waals surface area contributed by atoms with Crippen molar-refractivity contribution in [1.82, 2.24) is 9.88 Å². The molecule has 3 heteroatoms. The number of nitrogens with one attached hydrogen (secondary N) is 1. The average Bonchev–Trinajstić information content (AvgIpc) is 2.25. The van der Waals surface area contributed by atoms with E-state index in [9.17, 15) is 0 Å². The summed E-state index contributed by atoms with van der Waals surface area (Å²) in [7, 11) is 1.95. The molecule has 0 spiro atoms. The van der Waals surface area contributed by atoms with E-state index in [-0.39, 0.29) is 0 Å². The third-order valence-corrected chi connectivity index (χ3v) is 2.48. The van der Waals surface area contributed by atoms with Crippen molar-refractivity contribution >= 4 is 11.6 Å². The maximum absolute atomic E-state index is 5.97. The lowest BCUT2D eigenvalue weighted by atomic mass is 10.5. The summed E-state index contributed by atoms with van der Waals surface area (Å²) < 4.78 is 2.22. The molecule has 2 nitrogen and oxygen atoms in total. The highest BCUT2D eigenvalue weighted by Gasteiger charge is 2.05. The van der Waals surface area contributed by atoms with Crippen LogP contribution in [0.15, 0.2) is 6.07 Å². The fraction of sp³-hybridized carbons (Fsp3) is 0.556. The van der Waals surface area contributed by atoms with E-state index in [0.29, 0.717) is 0 Å². The van der Waals surface area contributed by atoms with Crippen molar-refractivity contribution in [3.63, 3.8) is 0 Å². The molecule has 0 unspecified atom stereocenters. The predicted octanol–water partition coefficient (Wildman–Crippen LogP) is 1.98. The molecular formula is C9H15ClN2. The average molecular weight is 187 g/mol. The van der Waals surface area contributed by atoms with Crippen molar-refractivity contribution in [3.05, 3.63) is 22.5 Å². The number of hydrogen-bond acceptors (Lipinski definition) is 1. The van der Waals surface area contributed by atoms with Gasteiger partial charge in [0.1, 0.15) is 0 Å². The number of nitrogens with zero attached hydrogens (tertiary/aromatic N) is 1. The second-order valence-corrected chi connectivity index (χ2v) is 3.38. The van der Waals surface area contributed by atoms with Crippen LogP contribution in [0.3, 0.4) is 0 Å². The minimum atomic E-state index is 0.864. The fourth-order valence-electron chi connectivity index (χ4n) is 1.33. The van der Waals surface area contributed by atoms with Crippen LogP contribution in [-0.4, -0.2) is 18.2 Å². The topological polar surface area (TPSA) is 17.0 Å². The Bertz CT molecular complexity index is 266. The first-order chi connectivity index (χ1) is 5.66. The summed E-state index contributed by atoms with van der Waals surface area (Å²) in [6.07, 6.45) is 0. The Morgan fingerprint density at radius 2 is 2.17 bits per heavy atom. The molecule has 0 fully saturated rings. The minimum absolute atomic E-state index is 0.864. The van der Waals surface area contributed by atoms with Gasteiger partial charge in [-0.25, -0.2) is 0 Å². The maximum Gasteiger partial charge on any atom is 0.0615 e. The molecule has 1 N–H and O–H groups in total. The fourth-order valence-corrected chi connectivity index (χ4v) is 1.59. The molecule has 0 atom stereocenters. The van der Waals surface area contributed by atoms with Crippen LogP contribution in [-0.2, 0) is 6.54 Å². The van der Waals surface area contributed by atoms with Crippen molar-refractivity contribution in [2.75, 3.05) is 13.6 Å². The molecule has 68 valence electrons. The number of hydrogen-bond donors (Lipinski definition) is 1. The first kappa shape index (κ1) is 9.62. The van der Waals surface area contributed by atoms with Crippen LogP contribution in [0.25, 0.3) is 0 Å². The summed E-state index contributed by atoms with van der Waals surface area (Å²) in [4.78, 5) is 0. The lowest BCUT2D eigenvalue weighted by molar-refractivity contribution is 0.622. The van der Waals surface area contributed by atoms with Gasteiger partial charge >= 0.3 is 0 Å². The molecule has 0 radical (unpaired) electrons. The Morgan fingerprint density at radius 3 is 2.58 bits per heavy atom. The van der Waals surface area contributed by atoms with Gasteiger partial charge in [-0.15, -0.1) is 0 Å². The summed E-state index contributed by atoms with van der Waals surface area (Å²) in [5, 5.41) is 3.98. The third-order valence-electron chi connectivity index (χ3n) is 2.10. The van der Waals surface area contributed by atoms with E-state index in [1.54, 1.807) is 0 Å². The Kier molecular flexibility index (Phi) is 3.18. The molecule has 0 amide bonds. The number of halogens is 1. The highest BCUT2D eigenvalue weighted by molar-refractivity contribution is 6.31. The van der Waals surface area contributed by atoms with E-state index in [1.807, 2.05) is 20.0 Å². The van der Waals surface area contributed by atoms with Gasteiger partial charge in [0.05, 0.1) is 5.02 Å². The van der Waals surface area contributed by atoms with E-state index in [1.165, 1.54) is 5.69 Å². The quantitative estimate of drug-likeness (QED) is 0.764. The monoisotopic (exact) mass is 186 g/mol. The van der Waals surface area contributed by atoms with Gasteiger partial charge in [-0.2, -0.15) is 0 Å². The van der Waals surface area contributed by atoms with Gasteiger partial charge in [-0.3, -0.25) is 0 Å². The molecule has 0 aliphatic heterocycles. The SMILES string of the molecule is CNCCn1c(C)cc(Cl)c1C. The Balaban J connectivity index is 2.82. The summed E-state index contributed by atoms with van der Waals surface area (Å²) in [6.45, 7) is 6.09. The zero-order valence-corrected chi connectivity index (χ0v) is 8.57. The molecule has 0 bridgehead atoms. The first-order valence-corrected chi connectivity index (χ1v) is 4.51. The number of aryl methyl sites for hydroxylation is 1. The Labute approximate surface area is 78.5 Å². The van der Waals surface area contributed by atoms with Crippen molar-refractivity contribution < 1.29 is 0 Å². The molecule has 12 heavy (non-hydrogen) atoms. The van der Waals surface area contributed by atoms with Crippen LogP contribution < -0.4 is 5.32 Å². The van der Waals surface area contributed by atoms with Gasteiger partial charge in [0, 0.05) is 24.5 Å². The van der Waals surface area contributed by atoms with Crippen LogP contribution in [0.2, 0.25) is 5.02 Å². The molecular weight excluding hydrogens is 172 g/mol. The normalized spacial score (nSPS) is 10.7. The van der Waals surface area contributed by atoms with Crippen molar-refractivity contribution in [2.24, 2.45) is 0 Å². The number of likely N-dealkylation sites (N-methyl/N-ethyl adjacent to an activating group) is 1. The Morgan fingerprint density at radius 1 is 1.50 bits per heavy atom. The highest BCUT2D eigenvalue weighted by atomic mass is 35.5. The molecule has 1 aromatic heterocycles. The molecule has 1 heterocycles. The van der Waals surface area contributed by atoms with E-state index >= 15 is 0 Å². The van der Waals surface area contributed by atoms with Crippen LogP contribution in [0, 0.1) is 13.8 Å². The molecule has 0 aliphatic carbocycles. The van der Waals surface area contributed by atoms with E-state index < -0.39 is 0 Å². The molecule has 1 aromatic rings. The highest BCUT2D eigenvalue weighted by Crippen LogP contribution is 2.19. The van der Waals surface area contributed by atoms with Crippen LogP contribution in [0.5, 0.6) is 0 Å². The molecule has 0 aromatic carbocycles. The lowest BCUT2D eigenvalue weighted by Gasteiger charge is -2.07. The maximum atomic E-state index is 5.97. The van der Waals surface area contributed by atoms with E-state index in [4.69, 9.17) is 11.6 Å². The van der Waals surface area contributed by atoms with Gasteiger partial charge in [0.15, 0.2) is 0 Å². The third kappa shape index (κ3) is 1.82. The lowest BCUT2D eigenvalue weighted by Crippen LogP contribution is -2.16. The first-order valence-electron chi connectivity index (χ1n) is 4.13. The number of aromatic nitrogens is 1. The van der Waals surface area contributed by atoms with Gasteiger partial charge in [-0.1, -0.05) is 11.6 Å². The smallest absolute Gasteiger partial charge is 0.0615 e. The van der Waals surface area contributed by atoms with E-state index in [2.05, 4.69) is 16.8 Å². The van der Waals surface area contributed by atoms with Crippen molar-refractivity contribution in [1.29, 1.82) is 0 Å². The van der Waals surface area contributed by atoms with Gasteiger partial charge < -0.3 is 9.88 Å². The van der Waals surface area contributed by atoms with Crippen LogP contribution in [0.4, 0.5) is 0 Å². The molecule has 0 saturated carbocycles. The van der Waals surface area contributed by atoms with Gasteiger partial charge in [0.2, 0.25) is 0 Å². The summed E-state index contributed by atoms with van der Waals surface area (Å²) >= 11 is 5.97. The van der Waals surface area contributed by atoms with Crippen molar-refractivity contribution in [2.45, 2.75) is 20.4 Å². The molecule has 1 rings (SSSR count). The van der Waals surface area contributed by atoms with E-state index in [0.717, 1.165) is 23.8 Å². The standard InChI is InChI=1S/C9H15ClN2/c1-7-6-9(10)8(2)12(7)5-4-11-3/h6,11H,4-5H2,1-3H3. The zero-order valence-electron chi connectivity index (χ0n) is 7.82. The predicted molar refractivity (Wildman–Crippen MR) is 52.8 cm³/mol. The minimum Gasteiger partial charge on any atom is -0.346 e. The second kappa shape index (κ2) is 3.97. The Hall–Kier alpha value is -0.470. The second-order valence-electron chi connectivity index (χ2n) is 2.97. The molecule has 0 saturated heterocycles. The number of rotatable bonds is 3. The van der Waals surface area contributed by atoms with Crippen LogP contribution in [0.1, 0.15) is 11.4 Å². The molecule has 0 aliphatic rings. The van der Waals surface area contributed by atoms with Gasteiger partial charge in [0.25, 0.3) is 0 Å².